The van der Waals surface area contributed by atoms with Gasteiger partial charge in [-0.3, -0.25) is 9.59 Å². The Morgan fingerprint density at radius 3 is 2.77 bits per heavy atom. The largest absolute Gasteiger partial charge is 0.458 e. The topological polar surface area (TPSA) is 61.8 Å². The van der Waals surface area contributed by atoms with Gasteiger partial charge in [0.1, 0.15) is 6.10 Å². The van der Waals surface area contributed by atoms with Crippen LogP contribution in [0.4, 0.5) is 0 Å². The molecule has 6 atom stereocenters. The molecule has 22 heavy (non-hydrogen) atoms. The van der Waals surface area contributed by atoms with E-state index in [1.54, 1.807) is 0 Å². The summed E-state index contributed by atoms with van der Waals surface area (Å²) in [5.41, 5.74) is 1.04. The summed E-state index contributed by atoms with van der Waals surface area (Å²) in [7, 11) is 0. The first-order valence-electron chi connectivity index (χ1n) is 8.08. The molecule has 120 valence electrons. The van der Waals surface area contributed by atoms with Crippen LogP contribution in [-0.2, 0) is 23.8 Å². The molecule has 0 aromatic heterocycles. The fraction of sp³-hybridized carbons (Fsp3) is 0.765. The first-order chi connectivity index (χ1) is 10.4. The Hall–Kier alpha value is -1.36. The molecule has 5 heteroatoms. The molecule has 0 amide bonds. The van der Waals surface area contributed by atoms with Crippen LogP contribution < -0.4 is 0 Å². The lowest BCUT2D eigenvalue weighted by Gasteiger charge is -2.60. The van der Waals surface area contributed by atoms with Crippen molar-refractivity contribution in [3.05, 3.63) is 12.2 Å². The zero-order chi connectivity index (χ0) is 15.7. The molecule has 0 aromatic rings. The molecular weight excluding hydrogens is 284 g/mol. The minimum Gasteiger partial charge on any atom is -0.458 e. The van der Waals surface area contributed by atoms with Crippen LogP contribution in [-0.4, -0.2) is 30.4 Å². The van der Waals surface area contributed by atoms with E-state index in [1.165, 1.54) is 6.92 Å². The highest BCUT2D eigenvalue weighted by Crippen LogP contribution is 2.68. The van der Waals surface area contributed by atoms with Crippen LogP contribution in [0.15, 0.2) is 12.2 Å². The Balaban J connectivity index is 1.53. The minimum atomic E-state index is -0.720. The van der Waals surface area contributed by atoms with Gasteiger partial charge in [0.25, 0.3) is 0 Å². The van der Waals surface area contributed by atoms with Crippen molar-refractivity contribution >= 4 is 11.9 Å². The summed E-state index contributed by atoms with van der Waals surface area (Å²) in [6.45, 7) is 8.14. The smallest absolute Gasteiger partial charge is 0.311 e. The third-order valence-corrected chi connectivity index (χ3v) is 6.20. The van der Waals surface area contributed by atoms with Crippen molar-refractivity contribution in [1.82, 2.24) is 0 Å². The van der Waals surface area contributed by atoms with Gasteiger partial charge in [0, 0.05) is 25.2 Å². The Labute approximate surface area is 130 Å². The highest BCUT2D eigenvalue weighted by molar-refractivity contribution is 5.74. The van der Waals surface area contributed by atoms with E-state index in [4.69, 9.17) is 14.2 Å². The average Bonchev–Trinajstić information content (AvgIpc) is 2.94. The molecule has 4 aliphatic rings. The number of ether oxygens (including phenoxy) is 3. The molecular formula is C17H22O5. The standard InChI is InChI=1S/C17H22O5/c1-9-6-17(22-15(9)19)7-16(8-20-17)12-4-13(16)10(2)14(5-12)21-11(3)18/h9,12-14H,2,4-8H2,1,3H3/t9-,12+,13-,14-,16?,17-/m1/s1. The number of hydrogen-bond donors (Lipinski definition) is 0. The van der Waals surface area contributed by atoms with Crippen LogP contribution in [0, 0.1) is 23.2 Å². The van der Waals surface area contributed by atoms with E-state index in [-0.39, 0.29) is 29.4 Å². The normalized spacial score (nSPS) is 49.4. The maximum Gasteiger partial charge on any atom is 0.311 e. The third kappa shape index (κ3) is 1.75. The Kier molecular flexibility index (Phi) is 2.81. The van der Waals surface area contributed by atoms with E-state index in [0.29, 0.717) is 24.9 Å². The Morgan fingerprint density at radius 1 is 1.41 bits per heavy atom. The second-order valence-corrected chi connectivity index (χ2v) is 7.53. The number of carbonyl (C=O) groups is 2. The van der Waals surface area contributed by atoms with Crippen molar-refractivity contribution in [2.75, 3.05) is 6.61 Å². The summed E-state index contributed by atoms with van der Waals surface area (Å²) < 4.78 is 17.0. The average molecular weight is 306 g/mol. The molecule has 0 aromatic carbocycles. The SMILES string of the molecule is C=C1[C@H]2C[C@@H](C[C@H]1OC(C)=O)C21CO[C@@]2(C[C@@H](C)C(=O)O2)C1. The van der Waals surface area contributed by atoms with E-state index in [2.05, 4.69) is 6.58 Å². The van der Waals surface area contributed by atoms with E-state index in [9.17, 15) is 9.59 Å². The van der Waals surface area contributed by atoms with Gasteiger partial charge in [-0.2, -0.15) is 0 Å². The Bertz CT molecular complexity index is 569. The molecule has 2 aliphatic heterocycles. The van der Waals surface area contributed by atoms with Gasteiger partial charge in [-0.15, -0.1) is 0 Å². The van der Waals surface area contributed by atoms with Gasteiger partial charge < -0.3 is 14.2 Å². The van der Waals surface area contributed by atoms with Crippen LogP contribution in [0.1, 0.15) is 39.5 Å². The lowest BCUT2D eigenvalue weighted by molar-refractivity contribution is -0.192. The first-order valence-corrected chi connectivity index (χ1v) is 8.08. The molecule has 2 heterocycles. The molecule has 0 N–H and O–H groups in total. The van der Waals surface area contributed by atoms with E-state index < -0.39 is 5.79 Å². The first kappa shape index (κ1) is 14.2. The molecule has 5 nitrogen and oxygen atoms in total. The van der Waals surface area contributed by atoms with Crippen molar-refractivity contribution in [3.8, 4) is 0 Å². The zero-order valence-corrected chi connectivity index (χ0v) is 13.1. The fourth-order valence-electron chi connectivity index (χ4n) is 5.12. The number of rotatable bonds is 1. The van der Waals surface area contributed by atoms with Crippen molar-refractivity contribution in [2.45, 2.75) is 51.4 Å². The molecule has 2 aliphatic carbocycles. The highest BCUT2D eigenvalue weighted by atomic mass is 16.7. The molecule has 0 radical (unpaired) electrons. The number of carbonyl (C=O) groups excluding carboxylic acids is 2. The second-order valence-electron chi connectivity index (χ2n) is 7.53. The molecule has 2 saturated carbocycles. The molecule has 2 saturated heterocycles. The molecule has 4 fully saturated rings. The molecule has 1 unspecified atom stereocenters. The summed E-state index contributed by atoms with van der Waals surface area (Å²) in [4.78, 5) is 23.0. The summed E-state index contributed by atoms with van der Waals surface area (Å²) in [5.74, 6) is -0.447. The number of hydrogen-bond acceptors (Lipinski definition) is 5. The third-order valence-electron chi connectivity index (χ3n) is 6.20. The van der Waals surface area contributed by atoms with Gasteiger partial charge >= 0.3 is 11.9 Å². The number of fused-ring (bicyclic) bond motifs is 4. The lowest BCUT2D eigenvalue weighted by Crippen LogP contribution is -2.58. The maximum absolute atomic E-state index is 11.8. The van der Waals surface area contributed by atoms with Gasteiger partial charge in [0.05, 0.1) is 12.5 Å². The van der Waals surface area contributed by atoms with Crippen molar-refractivity contribution in [2.24, 2.45) is 23.2 Å². The number of esters is 2. The predicted octanol–water partition coefficient (Wildman–Crippen LogP) is 2.20. The summed E-state index contributed by atoms with van der Waals surface area (Å²) >= 11 is 0. The van der Waals surface area contributed by atoms with Crippen LogP contribution in [0.5, 0.6) is 0 Å². The van der Waals surface area contributed by atoms with Gasteiger partial charge in [0.2, 0.25) is 5.79 Å². The van der Waals surface area contributed by atoms with Gasteiger partial charge in [-0.05, 0) is 30.3 Å². The van der Waals surface area contributed by atoms with Crippen molar-refractivity contribution < 1.29 is 23.8 Å². The van der Waals surface area contributed by atoms with Crippen molar-refractivity contribution in [3.63, 3.8) is 0 Å². The molecule has 2 bridgehead atoms. The lowest BCUT2D eigenvalue weighted by atomic mass is 9.44. The van der Waals surface area contributed by atoms with Crippen molar-refractivity contribution in [1.29, 1.82) is 0 Å². The summed E-state index contributed by atoms with van der Waals surface area (Å²) in [6.07, 6.45) is 3.15. The fourth-order valence-corrected chi connectivity index (χ4v) is 5.12. The summed E-state index contributed by atoms with van der Waals surface area (Å²) in [6, 6.07) is 0. The van der Waals surface area contributed by atoms with E-state index in [0.717, 1.165) is 24.8 Å². The molecule has 2 spiro atoms. The van der Waals surface area contributed by atoms with Crippen LogP contribution in [0.3, 0.4) is 0 Å². The second kappa shape index (κ2) is 4.34. The van der Waals surface area contributed by atoms with E-state index in [1.807, 2.05) is 6.92 Å². The van der Waals surface area contributed by atoms with Gasteiger partial charge in [-0.25, -0.2) is 0 Å². The van der Waals surface area contributed by atoms with Crippen LogP contribution in [0.2, 0.25) is 0 Å². The minimum absolute atomic E-state index is 0.0259. The monoisotopic (exact) mass is 306 g/mol. The van der Waals surface area contributed by atoms with Crippen LogP contribution in [0.25, 0.3) is 0 Å². The quantitative estimate of drug-likeness (QED) is 0.549. The van der Waals surface area contributed by atoms with Gasteiger partial charge in [0.15, 0.2) is 0 Å². The zero-order valence-electron chi connectivity index (χ0n) is 13.1. The van der Waals surface area contributed by atoms with E-state index >= 15 is 0 Å². The van der Waals surface area contributed by atoms with Gasteiger partial charge in [-0.1, -0.05) is 13.5 Å². The Morgan fingerprint density at radius 2 is 2.18 bits per heavy atom. The molecule has 4 rings (SSSR count). The summed E-state index contributed by atoms with van der Waals surface area (Å²) in [5, 5.41) is 0. The predicted molar refractivity (Wildman–Crippen MR) is 76.5 cm³/mol. The van der Waals surface area contributed by atoms with Crippen LogP contribution >= 0.6 is 0 Å². The highest BCUT2D eigenvalue weighted by Gasteiger charge is 2.69. The maximum atomic E-state index is 11.8.